The van der Waals surface area contributed by atoms with E-state index in [1.54, 1.807) is 0 Å². The zero-order valence-electron chi connectivity index (χ0n) is 11.6. The average molecular weight is 296 g/mol. The molecule has 0 saturated heterocycles. The number of rotatable bonds is 6. The monoisotopic (exact) mass is 296 g/mol. The van der Waals surface area contributed by atoms with Gasteiger partial charge in [0.25, 0.3) is 0 Å². The van der Waals surface area contributed by atoms with Crippen molar-refractivity contribution in [1.29, 1.82) is 0 Å². The van der Waals surface area contributed by atoms with Crippen LogP contribution in [0.2, 0.25) is 0 Å². The second kappa shape index (κ2) is 6.37. The van der Waals surface area contributed by atoms with Crippen LogP contribution in [-0.4, -0.2) is 33.7 Å². The molecule has 2 N–H and O–H groups in total. The fourth-order valence-corrected chi connectivity index (χ4v) is 3.06. The Bertz CT molecular complexity index is 584. The van der Waals surface area contributed by atoms with E-state index in [0.29, 0.717) is 13.0 Å². The number of carbonyl (C=O) groups excluding carboxylic acids is 1. The van der Waals surface area contributed by atoms with Gasteiger partial charge in [0.15, 0.2) is 0 Å². The molecule has 20 heavy (non-hydrogen) atoms. The van der Waals surface area contributed by atoms with Gasteiger partial charge in [-0.25, -0.2) is 13.1 Å². The van der Waals surface area contributed by atoms with E-state index in [0.717, 1.165) is 19.1 Å². The Hall–Kier alpha value is -1.40. The summed E-state index contributed by atoms with van der Waals surface area (Å²) in [4.78, 5) is 11.8. The summed E-state index contributed by atoms with van der Waals surface area (Å²) in [5.41, 5.74) is 2.61. The first-order valence-corrected chi connectivity index (χ1v) is 8.64. The van der Waals surface area contributed by atoms with Crippen molar-refractivity contribution in [1.82, 2.24) is 10.0 Å². The zero-order chi connectivity index (χ0) is 14.6. The van der Waals surface area contributed by atoms with Crippen molar-refractivity contribution in [2.75, 3.05) is 19.3 Å². The van der Waals surface area contributed by atoms with Gasteiger partial charge in [0, 0.05) is 19.5 Å². The van der Waals surface area contributed by atoms with E-state index >= 15 is 0 Å². The lowest BCUT2D eigenvalue weighted by Gasteiger charge is -2.11. The van der Waals surface area contributed by atoms with Crippen LogP contribution < -0.4 is 10.0 Å². The van der Waals surface area contributed by atoms with Crippen molar-refractivity contribution < 1.29 is 13.2 Å². The first-order chi connectivity index (χ1) is 9.46. The van der Waals surface area contributed by atoms with Gasteiger partial charge in [-0.05, 0) is 29.9 Å². The predicted molar refractivity (Wildman–Crippen MR) is 78.0 cm³/mol. The van der Waals surface area contributed by atoms with Crippen LogP contribution in [0.5, 0.6) is 0 Å². The number of carbonyl (C=O) groups is 1. The van der Waals surface area contributed by atoms with Gasteiger partial charge in [-0.1, -0.05) is 24.3 Å². The maximum Gasteiger partial charge on any atom is 0.220 e. The average Bonchev–Trinajstić information content (AvgIpc) is 2.77. The Labute approximate surface area is 119 Å². The topological polar surface area (TPSA) is 75.3 Å². The number of hydrogen-bond acceptors (Lipinski definition) is 3. The third-order valence-corrected chi connectivity index (χ3v) is 4.23. The molecule has 6 heteroatoms. The molecular formula is C14H20N2O3S. The molecule has 0 aromatic heterocycles. The summed E-state index contributed by atoms with van der Waals surface area (Å²) in [6.45, 7) is 0.548. The van der Waals surface area contributed by atoms with Gasteiger partial charge in [-0.15, -0.1) is 0 Å². The Morgan fingerprint density at radius 3 is 2.80 bits per heavy atom. The number of nitrogens with one attached hydrogen (secondary N) is 2. The third-order valence-electron chi connectivity index (χ3n) is 3.50. The first-order valence-electron chi connectivity index (χ1n) is 6.75. The quantitative estimate of drug-likeness (QED) is 0.762. The highest BCUT2D eigenvalue weighted by atomic mass is 32.2. The molecule has 1 amide bonds. The molecule has 5 nitrogen and oxygen atoms in total. The van der Waals surface area contributed by atoms with Crippen LogP contribution in [0.25, 0.3) is 0 Å². The summed E-state index contributed by atoms with van der Waals surface area (Å²) in [7, 11) is -3.19. The summed E-state index contributed by atoms with van der Waals surface area (Å²) < 4.78 is 24.1. The molecule has 110 valence electrons. The summed E-state index contributed by atoms with van der Waals surface area (Å²) in [6.07, 6.45) is 3.61. The molecule has 2 rings (SSSR count). The molecule has 0 fully saturated rings. The minimum Gasteiger partial charge on any atom is -0.355 e. The van der Waals surface area contributed by atoms with E-state index in [2.05, 4.69) is 22.2 Å². The second-order valence-corrected chi connectivity index (χ2v) is 6.99. The highest BCUT2D eigenvalue weighted by Gasteiger charge is 2.23. The maximum atomic E-state index is 11.8. The number of hydrogen-bond donors (Lipinski definition) is 2. The number of aryl methyl sites for hydroxylation is 1. The van der Waals surface area contributed by atoms with E-state index in [-0.39, 0.29) is 18.4 Å². The van der Waals surface area contributed by atoms with Gasteiger partial charge in [0.2, 0.25) is 15.9 Å². The summed E-state index contributed by atoms with van der Waals surface area (Å²) in [5, 5.41) is 2.75. The molecule has 0 aliphatic heterocycles. The van der Waals surface area contributed by atoms with Crippen molar-refractivity contribution >= 4 is 15.9 Å². The maximum absolute atomic E-state index is 11.8. The lowest BCUT2D eigenvalue weighted by molar-refractivity contribution is -0.121. The van der Waals surface area contributed by atoms with Gasteiger partial charge < -0.3 is 5.32 Å². The molecule has 0 saturated carbocycles. The highest BCUT2D eigenvalue weighted by molar-refractivity contribution is 7.88. The van der Waals surface area contributed by atoms with E-state index in [9.17, 15) is 13.2 Å². The van der Waals surface area contributed by atoms with E-state index in [1.165, 1.54) is 11.1 Å². The number of amides is 1. The normalized spacial score (nSPS) is 17.8. The van der Waals surface area contributed by atoms with Crippen LogP contribution in [0, 0.1) is 0 Å². The molecule has 0 bridgehead atoms. The lowest BCUT2D eigenvalue weighted by atomic mass is 9.97. The molecule has 1 aliphatic rings. The second-order valence-electron chi connectivity index (χ2n) is 5.15. The fourth-order valence-electron chi connectivity index (χ4n) is 2.59. The van der Waals surface area contributed by atoms with E-state index < -0.39 is 10.0 Å². The van der Waals surface area contributed by atoms with Gasteiger partial charge in [-0.3, -0.25) is 4.79 Å². The van der Waals surface area contributed by atoms with Gasteiger partial charge in [-0.2, -0.15) is 0 Å². The first kappa shape index (κ1) is 15.0. The lowest BCUT2D eigenvalue weighted by Crippen LogP contribution is -2.34. The van der Waals surface area contributed by atoms with Crippen LogP contribution in [0.15, 0.2) is 24.3 Å². The van der Waals surface area contributed by atoms with Crippen LogP contribution in [0.3, 0.4) is 0 Å². The molecule has 1 aliphatic carbocycles. The van der Waals surface area contributed by atoms with Crippen molar-refractivity contribution in [2.24, 2.45) is 0 Å². The minimum atomic E-state index is -3.19. The van der Waals surface area contributed by atoms with Crippen molar-refractivity contribution in [3.63, 3.8) is 0 Å². The molecule has 0 heterocycles. The van der Waals surface area contributed by atoms with E-state index in [4.69, 9.17) is 0 Å². The number of fused-ring (bicyclic) bond motifs is 1. The molecular weight excluding hydrogens is 276 g/mol. The molecule has 0 radical (unpaired) electrons. The molecule has 1 aromatic rings. The van der Waals surface area contributed by atoms with Gasteiger partial charge >= 0.3 is 0 Å². The Kier molecular flexibility index (Phi) is 4.77. The van der Waals surface area contributed by atoms with Crippen LogP contribution in [0.4, 0.5) is 0 Å². The smallest absolute Gasteiger partial charge is 0.220 e. The summed E-state index contributed by atoms with van der Waals surface area (Å²) in [6, 6.07) is 8.23. The summed E-state index contributed by atoms with van der Waals surface area (Å²) in [5.74, 6) is 0.260. The summed E-state index contributed by atoms with van der Waals surface area (Å²) >= 11 is 0. The predicted octanol–water partition coefficient (Wildman–Crippen LogP) is 0.772. The molecule has 0 spiro atoms. The zero-order valence-corrected chi connectivity index (χ0v) is 12.4. The standard InChI is InChI=1S/C14H20N2O3S/c1-20(18,19)16-9-8-15-14(17)10-12-7-6-11-4-2-3-5-13(11)12/h2-5,12,16H,6-10H2,1H3,(H,15,17)/t12-/m0/s1. The van der Waals surface area contributed by atoms with Gasteiger partial charge in [0.1, 0.15) is 0 Å². The fraction of sp³-hybridized carbons (Fsp3) is 0.500. The number of benzene rings is 1. The molecule has 1 atom stereocenters. The third kappa shape index (κ3) is 4.31. The van der Waals surface area contributed by atoms with Crippen LogP contribution in [-0.2, 0) is 21.2 Å². The van der Waals surface area contributed by atoms with Crippen LogP contribution in [0.1, 0.15) is 29.9 Å². The SMILES string of the molecule is CS(=O)(=O)NCCNC(=O)C[C@@H]1CCc2ccccc21. The minimum absolute atomic E-state index is 0.0259. The highest BCUT2D eigenvalue weighted by Crippen LogP contribution is 2.34. The number of sulfonamides is 1. The Morgan fingerprint density at radius 1 is 1.30 bits per heavy atom. The van der Waals surface area contributed by atoms with Crippen molar-refractivity contribution in [3.8, 4) is 0 Å². The Morgan fingerprint density at radius 2 is 2.05 bits per heavy atom. The van der Waals surface area contributed by atoms with Crippen molar-refractivity contribution in [2.45, 2.75) is 25.2 Å². The van der Waals surface area contributed by atoms with E-state index in [1.807, 2.05) is 12.1 Å². The van der Waals surface area contributed by atoms with Gasteiger partial charge in [0.05, 0.1) is 6.26 Å². The molecule has 0 unspecified atom stereocenters. The molecule has 1 aromatic carbocycles. The van der Waals surface area contributed by atoms with Crippen molar-refractivity contribution in [3.05, 3.63) is 35.4 Å². The van der Waals surface area contributed by atoms with Crippen LogP contribution >= 0.6 is 0 Å². The Balaban J connectivity index is 1.76. The largest absolute Gasteiger partial charge is 0.355 e.